The average molecular weight is 396 g/mol. The molecule has 144 valence electrons. The summed E-state index contributed by atoms with van der Waals surface area (Å²) in [6.45, 7) is 7.12. The summed E-state index contributed by atoms with van der Waals surface area (Å²) in [6.07, 6.45) is 0. The van der Waals surface area contributed by atoms with Gasteiger partial charge in [0.1, 0.15) is 5.82 Å². The van der Waals surface area contributed by atoms with Crippen molar-refractivity contribution in [1.82, 2.24) is 9.88 Å². The molecule has 0 unspecified atom stereocenters. The van der Waals surface area contributed by atoms with E-state index in [0.717, 1.165) is 13.1 Å². The molecule has 3 aromatic rings. The first-order chi connectivity index (χ1) is 13.5. The summed E-state index contributed by atoms with van der Waals surface area (Å²) in [6, 6.07) is 13.0. The molecule has 0 N–H and O–H groups in total. The Morgan fingerprint density at radius 2 is 1.86 bits per heavy atom. The number of nitrogens with zero attached hydrogens (tertiary/aromatic N) is 4. The summed E-state index contributed by atoms with van der Waals surface area (Å²) in [7, 11) is 0. The molecule has 5 nitrogen and oxygen atoms in total. The Labute approximate surface area is 167 Å². The van der Waals surface area contributed by atoms with Gasteiger partial charge >= 0.3 is 0 Å². The lowest BCUT2D eigenvalue weighted by molar-refractivity contribution is 0.0984. The number of fused-ring (bicyclic) bond motifs is 1. The number of halogens is 1. The minimum atomic E-state index is -0.323. The maximum Gasteiger partial charge on any atom is 0.260 e. The zero-order chi connectivity index (χ0) is 20.1. The van der Waals surface area contributed by atoms with Crippen molar-refractivity contribution in [2.24, 2.45) is 0 Å². The third kappa shape index (κ3) is 4.35. The van der Waals surface area contributed by atoms with Gasteiger partial charge in [-0.05, 0) is 55.6 Å². The maximum atomic E-state index is 13.6. The van der Waals surface area contributed by atoms with Crippen LogP contribution in [0.2, 0.25) is 0 Å². The van der Waals surface area contributed by atoms with E-state index in [1.807, 2.05) is 0 Å². The fraction of sp³-hybridized carbons (Fsp3) is 0.286. The van der Waals surface area contributed by atoms with Crippen molar-refractivity contribution in [2.75, 3.05) is 31.1 Å². The molecule has 2 aromatic carbocycles. The van der Waals surface area contributed by atoms with Crippen molar-refractivity contribution >= 4 is 32.6 Å². The number of anilines is 1. The van der Waals surface area contributed by atoms with Crippen molar-refractivity contribution < 1.29 is 9.18 Å². The highest BCUT2D eigenvalue weighted by molar-refractivity contribution is 7.22. The zero-order valence-electron chi connectivity index (χ0n) is 15.9. The van der Waals surface area contributed by atoms with Crippen molar-refractivity contribution in [1.29, 1.82) is 5.26 Å². The molecule has 1 aromatic heterocycles. The van der Waals surface area contributed by atoms with Crippen LogP contribution in [0.5, 0.6) is 0 Å². The van der Waals surface area contributed by atoms with Crippen molar-refractivity contribution in [3.05, 3.63) is 59.4 Å². The van der Waals surface area contributed by atoms with Gasteiger partial charge in [-0.25, -0.2) is 9.37 Å². The third-order valence-electron chi connectivity index (χ3n) is 4.61. The van der Waals surface area contributed by atoms with E-state index in [2.05, 4.69) is 29.8 Å². The molecule has 0 atom stereocenters. The first kappa shape index (κ1) is 19.9. The van der Waals surface area contributed by atoms with Crippen LogP contribution in [-0.2, 0) is 0 Å². The molecule has 0 bridgehead atoms. The van der Waals surface area contributed by atoms with E-state index in [0.29, 0.717) is 39.6 Å². The van der Waals surface area contributed by atoms with Crippen LogP contribution < -0.4 is 4.90 Å². The van der Waals surface area contributed by atoms with Gasteiger partial charge in [0.2, 0.25) is 0 Å². The van der Waals surface area contributed by atoms with E-state index >= 15 is 0 Å². The van der Waals surface area contributed by atoms with Crippen LogP contribution in [0.15, 0.2) is 42.5 Å². The van der Waals surface area contributed by atoms with Crippen molar-refractivity contribution in [3.8, 4) is 6.07 Å². The molecule has 7 heteroatoms. The Morgan fingerprint density at radius 1 is 1.14 bits per heavy atom. The van der Waals surface area contributed by atoms with Crippen LogP contribution in [0.25, 0.3) is 10.2 Å². The summed E-state index contributed by atoms with van der Waals surface area (Å²) >= 11 is 1.30. The smallest absolute Gasteiger partial charge is 0.260 e. The third-order valence-corrected chi connectivity index (χ3v) is 5.65. The van der Waals surface area contributed by atoms with Gasteiger partial charge in [-0.15, -0.1) is 0 Å². The van der Waals surface area contributed by atoms with E-state index in [4.69, 9.17) is 5.26 Å². The molecule has 0 aliphatic carbocycles. The highest BCUT2D eigenvalue weighted by Gasteiger charge is 2.22. The lowest BCUT2D eigenvalue weighted by Crippen LogP contribution is -2.38. The van der Waals surface area contributed by atoms with Gasteiger partial charge in [-0.1, -0.05) is 25.2 Å². The van der Waals surface area contributed by atoms with Gasteiger partial charge in [0, 0.05) is 18.7 Å². The van der Waals surface area contributed by atoms with E-state index in [1.54, 1.807) is 35.2 Å². The fourth-order valence-electron chi connectivity index (χ4n) is 2.91. The van der Waals surface area contributed by atoms with Crippen molar-refractivity contribution in [2.45, 2.75) is 13.8 Å². The molecular weight excluding hydrogens is 375 g/mol. The highest BCUT2D eigenvalue weighted by atomic mass is 32.1. The lowest BCUT2D eigenvalue weighted by atomic mass is 10.1. The summed E-state index contributed by atoms with van der Waals surface area (Å²) in [5, 5.41) is 9.51. The van der Waals surface area contributed by atoms with Crippen LogP contribution in [0.4, 0.5) is 9.52 Å². The summed E-state index contributed by atoms with van der Waals surface area (Å²) < 4.78 is 14.3. The number of benzene rings is 2. The minimum Gasteiger partial charge on any atom is -0.302 e. The molecule has 0 aliphatic rings. The van der Waals surface area contributed by atoms with E-state index < -0.39 is 0 Å². The molecule has 0 spiro atoms. The van der Waals surface area contributed by atoms with Crippen LogP contribution in [0.1, 0.15) is 29.8 Å². The Hall–Kier alpha value is -2.82. The average Bonchev–Trinajstić information content (AvgIpc) is 3.13. The van der Waals surface area contributed by atoms with Crippen LogP contribution in [0, 0.1) is 17.1 Å². The molecule has 3 rings (SSSR count). The fourth-order valence-corrected chi connectivity index (χ4v) is 3.93. The van der Waals surface area contributed by atoms with E-state index in [1.165, 1.54) is 23.5 Å². The number of carbonyl (C=O) groups is 1. The van der Waals surface area contributed by atoms with Gasteiger partial charge in [0.25, 0.3) is 5.91 Å². The topological polar surface area (TPSA) is 60.2 Å². The Bertz CT molecular complexity index is 1010. The molecule has 0 saturated carbocycles. The van der Waals surface area contributed by atoms with E-state index in [9.17, 15) is 9.18 Å². The van der Waals surface area contributed by atoms with Crippen LogP contribution >= 0.6 is 11.3 Å². The lowest BCUT2D eigenvalue weighted by Gasteiger charge is -2.24. The second kappa shape index (κ2) is 8.91. The largest absolute Gasteiger partial charge is 0.302 e. The quantitative estimate of drug-likeness (QED) is 0.598. The minimum absolute atomic E-state index is 0.184. The highest BCUT2D eigenvalue weighted by Crippen LogP contribution is 2.30. The van der Waals surface area contributed by atoms with Crippen LogP contribution in [-0.4, -0.2) is 42.0 Å². The molecule has 1 amide bonds. The molecule has 0 fully saturated rings. The second-order valence-corrected chi connectivity index (χ2v) is 7.29. The monoisotopic (exact) mass is 396 g/mol. The first-order valence-corrected chi connectivity index (χ1v) is 9.97. The summed E-state index contributed by atoms with van der Waals surface area (Å²) in [5.41, 5.74) is 1.66. The Morgan fingerprint density at radius 3 is 2.50 bits per heavy atom. The number of rotatable bonds is 7. The number of aromatic nitrogens is 1. The first-order valence-electron chi connectivity index (χ1n) is 9.16. The number of likely N-dealkylation sites (N-methyl/N-ethyl adjacent to an activating group) is 1. The Kier molecular flexibility index (Phi) is 6.34. The Balaban J connectivity index is 1.94. The number of carbonyl (C=O) groups excluding carboxylic acids is 1. The predicted molar refractivity (Wildman–Crippen MR) is 110 cm³/mol. The number of hydrogen-bond donors (Lipinski definition) is 0. The molecule has 0 saturated heterocycles. The number of amides is 1. The number of thiazole rings is 1. The van der Waals surface area contributed by atoms with Gasteiger partial charge in [0.05, 0.1) is 21.8 Å². The molecule has 1 heterocycles. The maximum absolute atomic E-state index is 13.6. The molecular formula is C21H21FN4OS. The van der Waals surface area contributed by atoms with Crippen molar-refractivity contribution in [3.63, 3.8) is 0 Å². The molecule has 0 aliphatic heterocycles. The molecule has 0 radical (unpaired) electrons. The zero-order valence-corrected chi connectivity index (χ0v) is 16.7. The standard InChI is InChI=1S/C21H21FN4OS/c1-3-25(4-2)11-12-26(20(27)16-7-5-15(14-23)6-8-16)21-24-18-10-9-17(22)13-19(18)28-21/h5-10,13H,3-4,11-12H2,1-2H3. The van der Waals surface area contributed by atoms with Gasteiger partial charge in [-0.3, -0.25) is 9.69 Å². The van der Waals surface area contributed by atoms with Gasteiger partial charge in [0.15, 0.2) is 5.13 Å². The summed E-state index contributed by atoms with van der Waals surface area (Å²) in [5.74, 6) is -0.507. The second-order valence-electron chi connectivity index (χ2n) is 6.28. The number of nitriles is 1. The van der Waals surface area contributed by atoms with Gasteiger partial charge < -0.3 is 4.90 Å². The number of hydrogen-bond acceptors (Lipinski definition) is 5. The van der Waals surface area contributed by atoms with Gasteiger partial charge in [-0.2, -0.15) is 5.26 Å². The predicted octanol–water partition coefficient (Wildman–Crippen LogP) is 4.30. The summed E-state index contributed by atoms with van der Waals surface area (Å²) in [4.78, 5) is 21.6. The SMILES string of the molecule is CCN(CC)CCN(C(=O)c1ccc(C#N)cc1)c1nc2ccc(F)cc2s1. The van der Waals surface area contributed by atoms with E-state index in [-0.39, 0.29) is 11.7 Å². The van der Waals surface area contributed by atoms with Crippen LogP contribution in [0.3, 0.4) is 0 Å². The molecule has 28 heavy (non-hydrogen) atoms. The normalized spacial score (nSPS) is 11.0.